The summed E-state index contributed by atoms with van der Waals surface area (Å²) in [7, 11) is 0.656. The molecule has 2 aliphatic rings. The minimum absolute atomic E-state index is 0.0893. The first-order valence-corrected chi connectivity index (χ1v) is 16.8. The van der Waals surface area contributed by atoms with Crippen molar-refractivity contribution in [2.24, 2.45) is 5.92 Å². The molecule has 0 bridgehead atoms. The first-order chi connectivity index (χ1) is 21.9. The molecule has 15 heteroatoms. The number of aromatic nitrogens is 6. The molecule has 2 N–H and O–H groups in total. The Morgan fingerprint density at radius 3 is 2.41 bits per heavy atom. The zero-order valence-electron chi connectivity index (χ0n) is 25.6. The van der Waals surface area contributed by atoms with Gasteiger partial charge in [0.1, 0.15) is 11.6 Å². The number of pyridine rings is 2. The highest BCUT2D eigenvalue weighted by Gasteiger charge is 2.37. The quantitative estimate of drug-likeness (QED) is 0.213. The molecule has 2 fully saturated rings. The number of halogens is 3. The highest BCUT2D eigenvalue weighted by atomic mass is 32.2. The summed E-state index contributed by atoms with van der Waals surface area (Å²) in [5, 5.41) is 10.5. The van der Waals surface area contributed by atoms with E-state index in [1.54, 1.807) is 24.5 Å². The number of nitrogens with one attached hydrogen (secondary N) is 2. The van der Waals surface area contributed by atoms with E-state index >= 15 is 0 Å². The summed E-state index contributed by atoms with van der Waals surface area (Å²) < 4.78 is 64.9. The van der Waals surface area contributed by atoms with Gasteiger partial charge in [-0.05, 0) is 76.2 Å². The van der Waals surface area contributed by atoms with Gasteiger partial charge in [0.05, 0.1) is 35.3 Å². The third-order valence-corrected chi connectivity index (χ3v) is 10.2. The molecule has 4 heterocycles. The molecule has 0 saturated heterocycles. The van der Waals surface area contributed by atoms with Crippen LogP contribution in [0, 0.1) is 5.92 Å². The predicted octanol–water partition coefficient (Wildman–Crippen LogP) is 5.52. The predicted molar refractivity (Wildman–Crippen MR) is 169 cm³/mol. The highest BCUT2D eigenvalue weighted by molar-refractivity contribution is 7.90. The smallest absolute Gasteiger partial charge is 0.382 e. The zero-order valence-corrected chi connectivity index (χ0v) is 26.4. The van der Waals surface area contributed by atoms with Gasteiger partial charge in [0.2, 0.25) is 0 Å². The Balaban J connectivity index is 1.23. The number of nitrogens with zero attached hydrogens (tertiary/aromatic N) is 7. The Morgan fingerprint density at radius 2 is 1.74 bits per heavy atom. The molecular formula is C31H36F3N9O2S. The Bertz CT molecular complexity index is 1770. The second-order valence-corrected chi connectivity index (χ2v) is 14.4. The molecule has 0 amide bonds. The zero-order chi connectivity index (χ0) is 32.5. The lowest BCUT2D eigenvalue weighted by atomic mass is 9.85. The molecule has 11 nitrogen and oxygen atoms in total. The second-order valence-electron chi connectivity index (χ2n) is 12.3. The third kappa shape index (κ3) is 7.81. The number of alkyl halides is 3. The van der Waals surface area contributed by atoms with Crippen LogP contribution >= 0.6 is 0 Å². The van der Waals surface area contributed by atoms with Crippen molar-refractivity contribution in [1.82, 2.24) is 34.0 Å². The summed E-state index contributed by atoms with van der Waals surface area (Å²) in [6.07, 6.45) is 7.37. The van der Waals surface area contributed by atoms with E-state index in [0.717, 1.165) is 42.0 Å². The van der Waals surface area contributed by atoms with Crippen LogP contribution in [-0.4, -0.2) is 80.5 Å². The molecule has 46 heavy (non-hydrogen) atoms. The number of anilines is 3. The Hall–Kier alpha value is -4.11. The van der Waals surface area contributed by atoms with Gasteiger partial charge in [-0.15, -0.1) is 0 Å². The number of hydrogen-bond acceptors (Lipinski definition) is 10. The summed E-state index contributed by atoms with van der Waals surface area (Å²) in [6.45, 7) is 1.05. The lowest BCUT2D eigenvalue weighted by Crippen LogP contribution is -2.31. The molecule has 0 unspecified atom stereocenters. The van der Waals surface area contributed by atoms with Gasteiger partial charge in [-0.25, -0.2) is 23.4 Å². The summed E-state index contributed by atoms with van der Waals surface area (Å²) in [5.74, 6) is 1.86. The maximum Gasteiger partial charge on any atom is 0.393 e. The molecule has 244 valence electrons. The molecular weight excluding hydrogens is 619 g/mol. The summed E-state index contributed by atoms with van der Waals surface area (Å²) in [4.78, 5) is 20.0. The first-order valence-electron chi connectivity index (χ1n) is 15.3. The molecule has 0 radical (unpaired) electrons. The van der Waals surface area contributed by atoms with Crippen LogP contribution in [0.3, 0.4) is 0 Å². The lowest BCUT2D eigenvalue weighted by molar-refractivity contribution is -0.127. The fourth-order valence-corrected chi connectivity index (χ4v) is 7.25. The van der Waals surface area contributed by atoms with Crippen molar-refractivity contribution < 1.29 is 21.6 Å². The fraction of sp³-hybridized carbons (Fsp3) is 0.452. The highest BCUT2D eigenvalue weighted by Crippen LogP contribution is 2.34. The average Bonchev–Trinajstić information content (AvgIpc) is 3.75. The molecule has 2 aliphatic carbocycles. The molecule has 0 aliphatic heterocycles. The third-order valence-electron chi connectivity index (χ3n) is 8.18. The fourth-order valence-electron chi connectivity index (χ4n) is 5.77. The Labute approximate surface area is 265 Å². The molecule has 4 aromatic heterocycles. The summed E-state index contributed by atoms with van der Waals surface area (Å²) >= 11 is 0. The maximum absolute atomic E-state index is 12.9. The minimum atomic E-state index is -4.31. The lowest BCUT2D eigenvalue weighted by Gasteiger charge is -2.31. The van der Waals surface area contributed by atoms with Gasteiger partial charge < -0.3 is 15.5 Å². The molecule has 6 rings (SSSR count). The van der Waals surface area contributed by atoms with Crippen molar-refractivity contribution >= 4 is 27.3 Å². The summed E-state index contributed by atoms with van der Waals surface area (Å²) in [5.41, 5.74) is 2.49. The second kappa shape index (κ2) is 12.9. The van der Waals surface area contributed by atoms with E-state index in [4.69, 9.17) is 0 Å². The van der Waals surface area contributed by atoms with Crippen molar-refractivity contribution in [3.05, 3.63) is 60.8 Å². The normalized spacial score (nSPS) is 18.9. The van der Waals surface area contributed by atoms with Crippen LogP contribution in [0.1, 0.15) is 44.1 Å². The van der Waals surface area contributed by atoms with Gasteiger partial charge in [0, 0.05) is 48.5 Å². The monoisotopic (exact) mass is 655 g/mol. The van der Waals surface area contributed by atoms with Crippen LogP contribution in [-0.2, 0) is 16.4 Å². The largest absolute Gasteiger partial charge is 0.393 e. The molecule has 4 aromatic rings. The molecule has 0 aromatic carbocycles. The average molecular weight is 656 g/mol. The number of hydrogen-bond donors (Lipinski definition) is 2. The summed E-state index contributed by atoms with van der Waals surface area (Å²) in [6, 6.07) is 6.76. The standard InChI is InChI=1S/C31H36F3N9O2S/c1-42(2)18-20-3-6-23(7-4-20)39-27-13-29(37-17-25(27)26-10-5-21(15-36-26)14-31(32,33)34)40-28-11-12-35-30(41-28)22-16-38-43(19-22)46(44,45)24-8-9-24/h5,10-13,15-17,19-20,23-24H,3-4,6-9,14,18H2,1-2H3,(H2,35,37,39,40,41). The van der Waals surface area contributed by atoms with Crippen molar-refractivity contribution in [1.29, 1.82) is 0 Å². The van der Waals surface area contributed by atoms with Gasteiger partial charge in [0.25, 0.3) is 10.0 Å². The van der Waals surface area contributed by atoms with E-state index in [-0.39, 0.29) is 11.6 Å². The van der Waals surface area contributed by atoms with Gasteiger partial charge in [-0.1, -0.05) is 6.07 Å². The van der Waals surface area contributed by atoms with Gasteiger partial charge in [-0.2, -0.15) is 22.4 Å². The Morgan fingerprint density at radius 1 is 0.957 bits per heavy atom. The van der Waals surface area contributed by atoms with Crippen molar-refractivity contribution in [3.8, 4) is 22.6 Å². The van der Waals surface area contributed by atoms with Crippen molar-refractivity contribution in [2.75, 3.05) is 31.3 Å². The van der Waals surface area contributed by atoms with Crippen molar-refractivity contribution in [2.45, 2.75) is 62.4 Å². The SMILES string of the molecule is CN(C)CC1CCC(Nc2cc(Nc3ccnc(-c4cnn(S(=O)(=O)C5CC5)c4)n3)ncc2-c2ccc(CC(F)(F)F)cn2)CC1. The molecule has 0 atom stereocenters. The van der Waals surface area contributed by atoms with Crippen LogP contribution in [0.4, 0.5) is 30.5 Å². The van der Waals surface area contributed by atoms with Gasteiger partial charge in [0.15, 0.2) is 5.82 Å². The first kappa shape index (κ1) is 31.9. The van der Waals surface area contributed by atoms with Crippen molar-refractivity contribution in [3.63, 3.8) is 0 Å². The van der Waals surface area contributed by atoms with E-state index < -0.39 is 27.9 Å². The van der Waals surface area contributed by atoms with E-state index in [1.165, 1.54) is 24.7 Å². The van der Waals surface area contributed by atoms with Crippen LogP contribution in [0.25, 0.3) is 22.6 Å². The van der Waals surface area contributed by atoms with Crippen LogP contribution in [0.2, 0.25) is 0 Å². The van der Waals surface area contributed by atoms with Gasteiger partial charge in [-0.3, -0.25) is 4.98 Å². The van der Waals surface area contributed by atoms with E-state index in [0.29, 0.717) is 53.0 Å². The van der Waals surface area contributed by atoms with Crippen LogP contribution in [0.15, 0.2) is 55.2 Å². The van der Waals surface area contributed by atoms with E-state index in [9.17, 15) is 21.6 Å². The Kier molecular flexibility index (Phi) is 8.97. The van der Waals surface area contributed by atoms with E-state index in [2.05, 4.69) is 54.7 Å². The maximum atomic E-state index is 12.9. The van der Waals surface area contributed by atoms with Crippen LogP contribution in [0.5, 0.6) is 0 Å². The number of rotatable bonds is 11. The molecule has 0 spiro atoms. The van der Waals surface area contributed by atoms with E-state index in [1.807, 2.05) is 6.07 Å². The molecule has 2 saturated carbocycles. The van der Waals surface area contributed by atoms with Crippen LogP contribution < -0.4 is 10.6 Å². The van der Waals surface area contributed by atoms with Gasteiger partial charge >= 0.3 is 6.18 Å². The minimum Gasteiger partial charge on any atom is -0.382 e. The topological polar surface area (TPSA) is 131 Å².